The lowest BCUT2D eigenvalue weighted by molar-refractivity contribution is 0.262. The minimum atomic E-state index is -0.331. The van der Waals surface area contributed by atoms with Crippen molar-refractivity contribution in [2.75, 3.05) is 23.1 Å². The largest absolute Gasteiger partial charge is 0.495 e. The number of carbonyl (C=O) groups is 1. The van der Waals surface area contributed by atoms with Crippen LogP contribution < -0.4 is 20.7 Å². The van der Waals surface area contributed by atoms with Crippen LogP contribution in [0.1, 0.15) is 44.9 Å². The van der Waals surface area contributed by atoms with Gasteiger partial charge in [0.2, 0.25) is 0 Å². The van der Waals surface area contributed by atoms with Gasteiger partial charge < -0.3 is 20.7 Å². The number of rotatable bonds is 8. The maximum atomic E-state index is 13.2. The van der Waals surface area contributed by atoms with E-state index in [4.69, 9.17) is 4.74 Å². The molecule has 0 aliphatic carbocycles. The third-order valence-electron chi connectivity index (χ3n) is 7.07. The molecular formula is C35H36N4O2S. The first-order valence-electron chi connectivity index (χ1n) is 13.9. The van der Waals surface area contributed by atoms with Gasteiger partial charge in [-0.1, -0.05) is 93.2 Å². The number of hydrogen-bond donors (Lipinski definition) is 3. The van der Waals surface area contributed by atoms with Crippen molar-refractivity contribution in [1.82, 2.24) is 4.98 Å². The summed E-state index contributed by atoms with van der Waals surface area (Å²) in [5.41, 5.74) is 3.61. The van der Waals surface area contributed by atoms with Crippen molar-refractivity contribution in [3.63, 3.8) is 0 Å². The molecule has 1 aromatic heterocycles. The summed E-state index contributed by atoms with van der Waals surface area (Å²) < 4.78 is 5.50. The van der Waals surface area contributed by atoms with Crippen molar-refractivity contribution in [1.29, 1.82) is 0 Å². The Hall–Kier alpha value is -4.49. The Morgan fingerprint density at radius 1 is 0.833 bits per heavy atom. The highest BCUT2D eigenvalue weighted by Crippen LogP contribution is 2.38. The van der Waals surface area contributed by atoms with Crippen LogP contribution in [0.2, 0.25) is 0 Å². The van der Waals surface area contributed by atoms with E-state index in [0.717, 1.165) is 37.6 Å². The number of nitrogens with one attached hydrogen (secondary N) is 3. The fourth-order valence-electron chi connectivity index (χ4n) is 4.74. The first-order chi connectivity index (χ1) is 20.2. The van der Waals surface area contributed by atoms with Crippen molar-refractivity contribution < 1.29 is 9.53 Å². The summed E-state index contributed by atoms with van der Waals surface area (Å²) in [4.78, 5) is 19.9. The Kier molecular flexibility index (Phi) is 8.69. The number of anilines is 3. The van der Waals surface area contributed by atoms with Gasteiger partial charge in [-0.05, 0) is 65.3 Å². The second-order valence-corrected chi connectivity index (χ2v) is 12.3. The summed E-state index contributed by atoms with van der Waals surface area (Å²) in [6.07, 6.45) is 1.83. The van der Waals surface area contributed by atoms with E-state index in [1.54, 1.807) is 18.9 Å². The predicted octanol–water partition coefficient (Wildman–Crippen LogP) is 9.51. The number of pyridine rings is 1. The molecule has 214 valence electrons. The maximum absolute atomic E-state index is 13.2. The number of fused-ring (bicyclic) bond motifs is 1. The molecule has 7 heteroatoms. The monoisotopic (exact) mass is 576 g/mol. The molecule has 6 nitrogen and oxygen atoms in total. The molecule has 0 fully saturated rings. The first kappa shape index (κ1) is 29.0. The number of aromatic nitrogens is 1. The smallest absolute Gasteiger partial charge is 0.323 e. The molecule has 0 spiro atoms. The fourth-order valence-corrected chi connectivity index (χ4v) is 5.72. The van der Waals surface area contributed by atoms with E-state index in [9.17, 15) is 4.79 Å². The number of nitrogens with zero attached hydrogens (tertiary/aromatic N) is 1. The lowest BCUT2D eigenvalue weighted by atomic mass is 9.87. The number of methoxy groups -OCH3 is 1. The molecule has 5 aromatic rings. The van der Waals surface area contributed by atoms with E-state index >= 15 is 0 Å². The Morgan fingerprint density at radius 2 is 1.55 bits per heavy atom. The minimum absolute atomic E-state index is 0.0609. The van der Waals surface area contributed by atoms with Crippen molar-refractivity contribution in [2.45, 2.75) is 48.9 Å². The number of carbonyl (C=O) groups excluding carboxylic acids is 1. The fraction of sp³-hybridized carbons (Fsp3) is 0.200. The molecule has 0 saturated carbocycles. The van der Waals surface area contributed by atoms with Gasteiger partial charge in [-0.15, -0.1) is 0 Å². The second kappa shape index (κ2) is 12.6. The first-order valence-corrected chi connectivity index (χ1v) is 14.8. The molecule has 1 atom stereocenters. The molecule has 1 heterocycles. The predicted molar refractivity (Wildman–Crippen MR) is 175 cm³/mol. The number of hydrogen-bond acceptors (Lipinski definition) is 5. The van der Waals surface area contributed by atoms with Crippen LogP contribution in [0.3, 0.4) is 0 Å². The van der Waals surface area contributed by atoms with Gasteiger partial charge in [0.05, 0.1) is 18.5 Å². The molecule has 1 unspecified atom stereocenters. The minimum Gasteiger partial charge on any atom is -0.495 e. The molecule has 0 bridgehead atoms. The summed E-state index contributed by atoms with van der Waals surface area (Å²) in [5, 5.41) is 11.5. The number of ether oxygens (including phenoxy) is 1. The van der Waals surface area contributed by atoms with Gasteiger partial charge >= 0.3 is 6.03 Å². The van der Waals surface area contributed by atoms with E-state index < -0.39 is 0 Å². The number of urea groups is 1. The van der Waals surface area contributed by atoms with E-state index in [2.05, 4.69) is 72.9 Å². The average molecular weight is 577 g/mol. The third-order valence-corrected chi connectivity index (χ3v) is 8.13. The summed E-state index contributed by atoms with van der Waals surface area (Å²) in [5.74, 6) is 1.43. The number of amides is 2. The van der Waals surface area contributed by atoms with Crippen LogP contribution in [0.25, 0.3) is 10.8 Å². The molecular weight excluding hydrogens is 540 g/mol. The van der Waals surface area contributed by atoms with Crippen LogP contribution in [0.5, 0.6) is 5.75 Å². The normalized spacial score (nSPS) is 12.0. The highest BCUT2D eigenvalue weighted by atomic mass is 32.2. The Balaban J connectivity index is 1.34. The summed E-state index contributed by atoms with van der Waals surface area (Å²) in [6.45, 7) is 8.54. The maximum Gasteiger partial charge on any atom is 0.323 e. The molecule has 0 saturated heterocycles. The molecule has 4 aromatic carbocycles. The van der Waals surface area contributed by atoms with Gasteiger partial charge in [0.15, 0.2) is 0 Å². The highest BCUT2D eigenvalue weighted by Gasteiger charge is 2.18. The second-order valence-electron chi connectivity index (χ2n) is 11.2. The molecule has 0 aliphatic heterocycles. The van der Waals surface area contributed by atoms with Gasteiger partial charge in [-0.25, -0.2) is 9.78 Å². The Bertz CT molecular complexity index is 1700. The zero-order valence-corrected chi connectivity index (χ0v) is 25.4. The van der Waals surface area contributed by atoms with Gasteiger partial charge in [0.1, 0.15) is 11.6 Å². The van der Waals surface area contributed by atoms with Crippen molar-refractivity contribution in [2.24, 2.45) is 0 Å². The van der Waals surface area contributed by atoms with E-state index in [1.807, 2.05) is 79.0 Å². The molecule has 0 aliphatic rings. The quantitative estimate of drug-likeness (QED) is 0.172. The van der Waals surface area contributed by atoms with Crippen LogP contribution in [0.15, 0.2) is 113 Å². The Labute approximate surface area is 251 Å². The van der Waals surface area contributed by atoms with Gasteiger partial charge in [0.25, 0.3) is 0 Å². The molecule has 5 rings (SSSR count). The zero-order valence-electron chi connectivity index (χ0n) is 24.6. The topological polar surface area (TPSA) is 75.3 Å². The summed E-state index contributed by atoms with van der Waals surface area (Å²) in [6, 6.07) is 32.2. The van der Waals surface area contributed by atoms with Gasteiger partial charge in [-0.2, -0.15) is 0 Å². The van der Waals surface area contributed by atoms with Crippen molar-refractivity contribution in [3.8, 4) is 5.75 Å². The zero-order chi connectivity index (χ0) is 29.7. The SMILES string of the molecule is COc1ccc(C(C)(C)C)cc1NC(=O)Nc1ccc(Sc2ccnc(NC(C)c3ccccc3)c2)c2ccccc12. The van der Waals surface area contributed by atoms with Crippen LogP contribution in [0, 0.1) is 0 Å². The molecule has 42 heavy (non-hydrogen) atoms. The molecule has 3 N–H and O–H groups in total. The van der Waals surface area contributed by atoms with Gasteiger partial charge in [0, 0.05) is 27.4 Å². The number of benzene rings is 4. The van der Waals surface area contributed by atoms with Gasteiger partial charge in [-0.3, -0.25) is 0 Å². The Morgan fingerprint density at radius 3 is 2.29 bits per heavy atom. The molecule has 0 radical (unpaired) electrons. The molecule has 2 amide bonds. The lowest BCUT2D eigenvalue weighted by Gasteiger charge is -2.21. The van der Waals surface area contributed by atoms with Crippen LogP contribution in [0.4, 0.5) is 22.0 Å². The highest BCUT2D eigenvalue weighted by molar-refractivity contribution is 7.99. The van der Waals surface area contributed by atoms with Crippen LogP contribution in [-0.2, 0) is 5.41 Å². The van der Waals surface area contributed by atoms with E-state index in [1.165, 1.54) is 5.56 Å². The standard InChI is InChI=1S/C35H36N4O2S/c1-23(24-11-7-6-8-12-24)37-33-22-26(19-20-36-33)42-32-18-16-29(27-13-9-10-14-28(27)32)38-34(40)39-30-21-25(35(2,3)4)15-17-31(30)41-5/h6-23H,1-5H3,(H,36,37)(H2,38,39,40). The summed E-state index contributed by atoms with van der Waals surface area (Å²) in [7, 11) is 1.60. The third kappa shape index (κ3) is 6.86. The summed E-state index contributed by atoms with van der Waals surface area (Å²) >= 11 is 1.67. The average Bonchev–Trinajstić information content (AvgIpc) is 2.98. The van der Waals surface area contributed by atoms with E-state index in [0.29, 0.717) is 11.4 Å². The van der Waals surface area contributed by atoms with Crippen LogP contribution >= 0.6 is 11.8 Å². The van der Waals surface area contributed by atoms with Crippen molar-refractivity contribution in [3.05, 3.63) is 114 Å². The van der Waals surface area contributed by atoms with Crippen molar-refractivity contribution >= 4 is 45.8 Å². The van der Waals surface area contributed by atoms with E-state index in [-0.39, 0.29) is 17.5 Å². The van der Waals surface area contributed by atoms with Crippen LogP contribution in [-0.4, -0.2) is 18.1 Å². The lowest BCUT2D eigenvalue weighted by Crippen LogP contribution is -2.21.